The first-order valence-electron chi connectivity index (χ1n) is 10.4. The maximum absolute atomic E-state index is 12.7. The number of nitrogens with one attached hydrogen (secondary N) is 1. The number of aryl methyl sites for hydroxylation is 2. The maximum Gasteiger partial charge on any atom is 0.437 e. The summed E-state index contributed by atoms with van der Waals surface area (Å²) in [5, 5.41) is 0. The molecule has 12 nitrogen and oxygen atoms in total. The largest absolute Gasteiger partial charge is 0.456 e. The molecule has 1 aliphatic heterocycles. The summed E-state index contributed by atoms with van der Waals surface area (Å²) in [6, 6.07) is 8.29. The van der Waals surface area contributed by atoms with E-state index < -0.39 is 50.0 Å². The van der Waals surface area contributed by atoms with E-state index >= 15 is 0 Å². The number of carbonyl (C=O) groups excluding carboxylic acids is 1. The van der Waals surface area contributed by atoms with Crippen LogP contribution in [0.2, 0.25) is 0 Å². The molecule has 0 radical (unpaired) electrons. The number of hydrogen-bond donors (Lipinski definition) is 2. The monoisotopic (exact) mass is 490 g/mol. The van der Waals surface area contributed by atoms with Gasteiger partial charge in [0.05, 0.1) is 12.2 Å². The van der Waals surface area contributed by atoms with Gasteiger partial charge in [-0.05, 0) is 26.0 Å². The molecule has 0 bridgehead atoms. The number of rotatable bonds is 7. The van der Waals surface area contributed by atoms with Crippen LogP contribution >= 0.6 is 7.75 Å². The van der Waals surface area contributed by atoms with Gasteiger partial charge in [0.15, 0.2) is 0 Å². The number of aromatic amines is 1. The van der Waals surface area contributed by atoms with E-state index in [0.717, 1.165) is 4.34 Å². The molecule has 0 spiro atoms. The van der Waals surface area contributed by atoms with Crippen molar-refractivity contribution >= 4 is 13.7 Å². The molecule has 1 unspecified atom stereocenters. The van der Waals surface area contributed by atoms with Gasteiger partial charge < -0.3 is 14.4 Å². The lowest BCUT2D eigenvalue weighted by Gasteiger charge is -2.21. The second kappa shape index (κ2) is 9.51. The lowest BCUT2D eigenvalue weighted by atomic mass is 10.1. The van der Waals surface area contributed by atoms with E-state index in [-0.39, 0.29) is 17.8 Å². The highest BCUT2D eigenvalue weighted by molar-refractivity contribution is 7.51. The number of esters is 1. The molecule has 1 saturated heterocycles. The van der Waals surface area contributed by atoms with Gasteiger partial charge in [-0.25, -0.2) is 23.5 Å². The van der Waals surface area contributed by atoms with Crippen LogP contribution in [0.4, 0.5) is 0 Å². The van der Waals surface area contributed by atoms with Crippen molar-refractivity contribution in [1.82, 2.24) is 18.9 Å². The molecule has 1 aromatic carbocycles. The molecule has 2 aromatic heterocycles. The average Bonchev–Trinajstić information content (AvgIpc) is 3.42. The molecular formula is C21H23N4O8P. The first-order chi connectivity index (χ1) is 16.2. The Balaban J connectivity index is 1.57. The van der Waals surface area contributed by atoms with Crippen molar-refractivity contribution in [3.63, 3.8) is 0 Å². The SMILES string of the molecule is Cc1cn([C@H]2C[C@H](OC(=O)c3ccccc3)[C@@H](COP(=O)(O)n3ccnc3C)O2)c(=O)[nH]c1=O. The first-order valence-corrected chi connectivity index (χ1v) is 11.9. The zero-order valence-corrected chi connectivity index (χ0v) is 19.3. The maximum atomic E-state index is 12.7. The van der Waals surface area contributed by atoms with Crippen LogP contribution < -0.4 is 11.2 Å². The molecule has 0 saturated carbocycles. The minimum absolute atomic E-state index is 0.0534. The molecule has 4 atom stereocenters. The summed E-state index contributed by atoms with van der Waals surface area (Å²) in [6.45, 7) is 2.67. The highest BCUT2D eigenvalue weighted by Gasteiger charge is 2.41. The molecule has 34 heavy (non-hydrogen) atoms. The van der Waals surface area contributed by atoms with Crippen LogP contribution in [0.1, 0.15) is 34.4 Å². The molecular weight excluding hydrogens is 467 g/mol. The Morgan fingerprint density at radius 1 is 1.29 bits per heavy atom. The molecule has 3 aromatic rings. The molecule has 1 fully saturated rings. The normalized spacial score (nSPS) is 21.8. The smallest absolute Gasteiger partial charge is 0.437 e. The minimum Gasteiger partial charge on any atom is -0.456 e. The van der Waals surface area contributed by atoms with E-state index in [4.69, 9.17) is 14.0 Å². The summed E-state index contributed by atoms with van der Waals surface area (Å²) in [4.78, 5) is 53.2. The van der Waals surface area contributed by atoms with Crippen molar-refractivity contribution in [2.24, 2.45) is 0 Å². The van der Waals surface area contributed by atoms with Gasteiger partial charge in [0.1, 0.15) is 24.3 Å². The topological polar surface area (TPSA) is 155 Å². The van der Waals surface area contributed by atoms with Crippen molar-refractivity contribution in [2.45, 2.75) is 38.7 Å². The van der Waals surface area contributed by atoms with Gasteiger partial charge in [0, 0.05) is 30.6 Å². The van der Waals surface area contributed by atoms with Crippen LogP contribution in [-0.2, 0) is 18.6 Å². The van der Waals surface area contributed by atoms with Gasteiger partial charge >= 0.3 is 19.4 Å². The van der Waals surface area contributed by atoms with E-state index in [1.54, 1.807) is 37.3 Å². The van der Waals surface area contributed by atoms with Crippen LogP contribution in [0.25, 0.3) is 0 Å². The second-order valence-corrected chi connectivity index (χ2v) is 9.43. The predicted molar refractivity (Wildman–Crippen MR) is 118 cm³/mol. The number of aromatic nitrogens is 4. The van der Waals surface area contributed by atoms with Gasteiger partial charge in [-0.1, -0.05) is 18.2 Å². The van der Waals surface area contributed by atoms with Crippen LogP contribution in [0, 0.1) is 13.8 Å². The summed E-state index contributed by atoms with van der Waals surface area (Å²) in [7, 11) is -4.30. The van der Waals surface area contributed by atoms with Gasteiger partial charge in [0.25, 0.3) is 5.56 Å². The average molecular weight is 490 g/mol. The number of carbonyl (C=O) groups is 1. The first kappa shape index (κ1) is 23.8. The quantitative estimate of drug-likeness (QED) is 0.370. The molecule has 2 N–H and O–H groups in total. The molecule has 1 aliphatic rings. The fraction of sp³-hybridized carbons (Fsp3) is 0.333. The summed E-state index contributed by atoms with van der Waals surface area (Å²) in [5.74, 6) is -0.346. The third kappa shape index (κ3) is 4.95. The summed E-state index contributed by atoms with van der Waals surface area (Å²) < 4.78 is 31.7. The highest BCUT2D eigenvalue weighted by atomic mass is 31.2. The molecule has 13 heteroatoms. The number of H-pyrrole nitrogens is 1. The molecule has 0 amide bonds. The van der Waals surface area contributed by atoms with Gasteiger partial charge in [-0.15, -0.1) is 0 Å². The molecule has 4 rings (SSSR count). The number of imidazole rings is 1. The van der Waals surface area contributed by atoms with Crippen molar-refractivity contribution in [3.8, 4) is 0 Å². The summed E-state index contributed by atoms with van der Waals surface area (Å²) in [6.07, 6.45) is 1.29. The zero-order chi connectivity index (χ0) is 24.5. The van der Waals surface area contributed by atoms with Crippen molar-refractivity contribution < 1.29 is 28.3 Å². The van der Waals surface area contributed by atoms with Crippen molar-refractivity contribution in [2.75, 3.05) is 6.61 Å². The Hall–Kier alpha value is -3.31. The van der Waals surface area contributed by atoms with Crippen LogP contribution in [0.3, 0.4) is 0 Å². The fourth-order valence-electron chi connectivity index (χ4n) is 3.60. The molecule has 3 heterocycles. The Morgan fingerprint density at radius 3 is 2.71 bits per heavy atom. The summed E-state index contributed by atoms with van der Waals surface area (Å²) >= 11 is 0. The van der Waals surface area contributed by atoms with Gasteiger partial charge in [-0.3, -0.25) is 18.9 Å². The van der Waals surface area contributed by atoms with Crippen LogP contribution in [0.5, 0.6) is 0 Å². The van der Waals surface area contributed by atoms with Crippen LogP contribution in [-0.4, -0.2) is 48.6 Å². The predicted octanol–water partition coefficient (Wildman–Crippen LogP) is 1.53. The Morgan fingerprint density at radius 2 is 2.03 bits per heavy atom. The van der Waals surface area contributed by atoms with E-state index in [2.05, 4.69) is 9.97 Å². The lowest BCUT2D eigenvalue weighted by molar-refractivity contribution is -0.0493. The van der Waals surface area contributed by atoms with E-state index in [9.17, 15) is 23.8 Å². The number of hydrogen-bond acceptors (Lipinski definition) is 8. The highest BCUT2D eigenvalue weighted by Crippen LogP contribution is 2.45. The van der Waals surface area contributed by atoms with E-state index in [1.165, 1.54) is 30.1 Å². The van der Waals surface area contributed by atoms with Crippen molar-refractivity contribution in [3.05, 3.63) is 86.7 Å². The van der Waals surface area contributed by atoms with Gasteiger partial charge in [-0.2, -0.15) is 0 Å². The fourth-order valence-corrected chi connectivity index (χ4v) is 4.71. The second-order valence-electron chi connectivity index (χ2n) is 7.76. The van der Waals surface area contributed by atoms with E-state index in [0.29, 0.717) is 5.56 Å². The third-order valence-electron chi connectivity index (χ3n) is 5.38. The number of benzene rings is 1. The van der Waals surface area contributed by atoms with Crippen LogP contribution in [0.15, 0.2) is 58.5 Å². The van der Waals surface area contributed by atoms with Crippen molar-refractivity contribution in [1.29, 1.82) is 0 Å². The van der Waals surface area contributed by atoms with E-state index in [1.807, 2.05) is 0 Å². The number of ether oxygens (including phenoxy) is 2. The zero-order valence-electron chi connectivity index (χ0n) is 18.4. The minimum atomic E-state index is -4.30. The van der Waals surface area contributed by atoms with Gasteiger partial charge in [0.2, 0.25) is 0 Å². The lowest BCUT2D eigenvalue weighted by Crippen LogP contribution is -2.33. The molecule has 0 aliphatic carbocycles. The summed E-state index contributed by atoms with van der Waals surface area (Å²) in [5.41, 5.74) is -0.624. The Kier molecular flexibility index (Phi) is 6.67. The Bertz CT molecular complexity index is 1350. The number of nitrogens with zero attached hydrogens (tertiary/aromatic N) is 3. The molecule has 180 valence electrons. The third-order valence-corrected chi connectivity index (χ3v) is 6.84. The standard InChI is InChI=1S/C21H23N4O8P/c1-13-11-24(21(28)23-19(13)26)18-10-16(33-20(27)15-6-4-3-5-7-15)17(32-18)12-31-34(29,30)25-9-8-22-14(25)2/h3-9,11,16-18H,10,12H2,1-2H3,(H,29,30)(H,23,26,28)/t16-,17+,18+/m0/s1. The Labute approximate surface area is 193 Å².